The van der Waals surface area contributed by atoms with Crippen molar-refractivity contribution in [3.05, 3.63) is 72.2 Å². The van der Waals surface area contributed by atoms with Crippen LogP contribution in [0.1, 0.15) is 15.9 Å². The Labute approximate surface area is 171 Å². The third-order valence-corrected chi connectivity index (χ3v) is 5.18. The van der Waals surface area contributed by atoms with Crippen molar-refractivity contribution >= 4 is 28.3 Å². The quantitative estimate of drug-likeness (QED) is 0.566. The summed E-state index contributed by atoms with van der Waals surface area (Å²) in [6.07, 6.45) is 3.21. The number of nitrogen functional groups attached to an aromatic ring is 1. The summed E-state index contributed by atoms with van der Waals surface area (Å²) in [5.74, 6) is 0.00174. The van der Waals surface area contributed by atoms with Gasteiger partial charge in [0.25, 0.3) is 5.91 Å². The van der Waals surface area contributed by atoms with Crippen molar-refractivity contribution < 1.29 is 13.9 Å². The first kappa shape index (κ1) is 18.1. The van der Waals surface area contributed by atoms with Gasteiger partial charge < -0.3 is 19.9 Å². The van der Waals surface area contributed by atoms with Gasteiger partial charge in [-0.1, -0.05) is 12.1 Å². The van der Waals surface area contributed by atoms with Gasteiger partial charge in [-0.15, -0.1) is 0 Å². The maximum atomic E-state index is 13.1. The largest absolute Gasteiger partial charge is 0.475 e. The van der Waals surface area contributed by atoms with E-state index in [9.17, 15) is 9.18 Å². The predicted molar refractivity (Wildman–Crippen MR) is 112 cm³/mol. The molecular weight excluding hydrogens is 385 g/mol. The van der Waals surface area contributed by atoms with E-state index in [2.05, 4.69) is 9.97 Å². The minimum Gasteiger partial charge on any atom is -0.475 e. The monoisotopic (exact) mass is 403 g/mol. The molecule has 150 valence electrons. The number of ether oxygens (including phenoxy) is 1. The highest BCUT2D eigenvalue weighted by Gasteiger charge is 2.28. The van der Waals surface area contributed by atoms with E-state index >= 15 is 0 Å². The molecule has 0 atom stereocenters. The number of hydrogen-bond donors (Lipinski definition) is 1. The number of aromatic nitrogens is 3. The number of nitrogens with zero attached hydrogens (tertiary/aromatic N) is 4. The molecule has 0 fully saturated rings. The van der Waals surface area contributed by atoms with Gasteiger partial charge in [-0.2, -0.15) is 0 Å². The average molecular weight is 403 g/mol. The molecule has 0 saturated carbocycles. The molecule has 1 amide bonds. The molecule has 0 aliphatic carbocycles. The fourth-order valence-corrected chi connectivity index (χ4v) is 3.72. The van der Waals surface area contributed by atoms with E-state index in [1.165, 1.54) is 6.33 Å². The van der Waals surface area contributed by atoms with Crippen molar-refractivity contribution in [2.45, 2.75) is 6.67 Å². The van der Waals surface area contributed by atoms with Crippen LogP contribution in [0.2, 0.25) is 0 Å². The van der Waals surface area contributed by atoms with Gasteiger partial charge in [0.1, 0.15) is 31.0 Å². The first-order valence-corrected chi connectivity index (χ1v) is 9.47. The second-order valence-electron chi connectivity index (χ2n) is 6.98. The van der Waals surface area contributed by atoms with Crippen molar-refractivity contribution in [2.24, 2.45) is 0 Å². The van der Waals surface area contributed by atoms with Crippen LogP contribution in [0.3, 0.4) is 0 Å². The zero-order valence-corrected chi connectivity index (χ0v) is 16.0. The smallest absolute Gasteiger partial charge is 0.267 e. The molecular formula is C22H18FN5O2. The number of hydrogen-bond acceptors (Lipinski definition) is 5. The number of carbonyl (C=O) groups is 1. The SMILES string of the molecule is Nc1ncnc2c1C(=O)N(c1ccc3c(ccn3-c3cccc(CF)c3)c1)CCO2. The van der Waals surface area contributed by atoms with Crippen molar-refractivity contribution in [2.75, 3.05) is 23.8 Å². The maximum Gasteiger partial charge on any atom is 0.267 e. The van der Waals surface area contributed by atoms with E-state index in [0.29, 0.717) is 18.7 Å². The van der Waals surface area contributed by atoms with Gasteiger partial charge in [0, 0.05) is 23.0 Å². The molecule has 0 radical (unpaired) electrons. The Morgan fingerprint density at radius 1 is 1.10 bits per heavy atom. The molecule has 0 bridgehead atoms. The fraction of sp³-hybridized carbons (Fsp3) is 0.136. The Kier molecular flexibility index (Phi) is 4.31. The van der Waals surface area contributed by atoms with E-state index in [-0.39, 0.29) is 23.2 Å². The highest BCUT2D eigenvalue weighted by atomic mass is 19.1. The molecule has 3 heterocycles. The molecule has 5 rings (SSSR count). The summed E-state index contributed by atoms with van der Waals surface area (Å²) < 4.78 is 20.6. The number of halogens is 1. The average Bonchev–Trinajstić information content (AvgIpc) is 3.11. The van der Waals surface area contributed by atoms with Crippen LogP contribution in [0.4, 0.5) is 15.9 Å². The lowest BCUT2D eigenvalue weighted by molar-refractivity contribution is 0.0990. The highest BCUT2D eigenvalue weighted by Crippen LogP contribution is 2.30. The topological polar surface area (TPSA) is 86.3 Å². The van der Waals surface area contributed by atoms with Crippen LogP contribution in [0.15, 0.2) is 61.1 Å². The predicted octanol–water partition coefficient (Wildman–Crippen LogP) is 3.51. The van der Waals surface area contributed by atoms with Gasteiger partial charge in [-0.25, -0.2) is 14.4 Å². The zero-order valence-electron chi connectivity index (χ0n) is 16.0. The van der Waals surface area contributed by atoms with E-state index in [4.69, 9.17) is 10.5 Å². The van der Waals surface area contributed by atoms with Gasteiger partial charge in [0.05, 0.1) is 12.1 Å². The van der Waals surface area contributed by atoms with Crippen LogP contribution >= 0.6 is 0 Å². The molecule has 1 aliphatic heterocycles. The summed E-state index contributed by atoms with van der Waals surface area (Å²) in [6.45, 7) is 0.147. The zero-order chi connectivity index (χ0) is 20.7. The Bertz CT molecular complexity index is 1270. The normalized spacial score (nSPS) is 13.8. The molecule has 4 aromatic rings. The summed E-state index contributed by atoms with van der Waals surface area (Å²) >= 11 is 0. The number of alkyl halides is 1. The van der Waals surface area contributed by atoms with Crippen LogP contribution in [-0.4, -0.2) is 33.6 Å². The van der Waals surface area contributed by atoms with Crippen molar-refractivity contribution in [1.29, 1.82) is 0 Å². The number of nitrogens with two attached hydrogens (primary N) is 1. The van der Waals surface area contributed by atoms with Crippen LogP contribution < -0.4 is 15.4 Å². The van der Waals surface area contributed by atoms with Gasteiger partial charge in [0.15, 0.2) is 0 Å². The lowest BCUT2D eigenvalue weighted by Crippen LogP contribution is -2.32. The number of fused-ring (bicyclic) bond motifs is 2. The number of rotatable bonds is 3. The van der Waals surface area contributed by atoms with Gasteiger partial charge in [0.2, 0.25) is 5.88 Å². The lowest BCUT2D eigenvalue weighted by Gasteiger charge is -2.20. The molecule has 2 aromatic heterocycles. The maximum absolute atomic E-state index is 13.1. The molecule has 30 heavy (non-hydrogen) atoms. The summed E-state index contributed by atoms with van der Waals surface area (Å²) in [7, 11) is 0. The molecule has 8 heteroatoms. The second kappa shape index (κ2) is 7.14. The number of benzene rings is 2. The van der Waals surface area contributed by atoms with Gasteiger partial charge in [-0.05, 0) is 42.0 Å². The van der Waals surface area contributed by atoms with Gasteiger partial charge >= 0.3 is 0 Å². The molecule has 0 unspecified atom stereocenters. The minimum atomic E-state index is -0.509. The Morgan fingerprint density at radius 2 is 2.00 bits per heavy atom. The van der Waals surface area contributed by atoms with E-state index < -0.39 is 6.67 Å². The van der Waals surface area contributed by atoms with Crippen LogP contribution in [0.25, 0.3) is 16.6 Å². The third-order valence-electron chi connectivity index (χ3n) is 5.18. The first-order chi connectivity index (χ1) is 14.7. The fourth-order valence-electron chi connectivity index (χ4n) is 3.72. The van der Waals surface area contributed by atoms with Gasteiger partial charge in [-0.3, -0.25) is 4.79 Å². The number of carbonyl (C=O) groups excluding carboxylic acids is 1. The second-order valence-corrected chi connectivity index (χ2v) is 6.98. The lowest BCUT2D eigenvalue weighted by atomic mass is 10.1. The summed E-state index contributed by atoms with van der Waals surface area (Å²) in [6, 6.07) is 15.1. The highest BCUT2D eigenvalue weighted by molar-refractivity contribution is 6.11. The van der Waals surface area contributed by atoms with Crippen molar-refractivity contribution in [3.63, 3.8) is 0 Å². The molecule has 7 nitrogen and oxygen atoms in total. The Morgan fingerprint density at radius 3 is 2.87 bits per heavy atom. The van der Waals surface area contributed by atoms with E-state index in [1.54, 1.807) is 11.0 Å². The third kappa shape index (κ3) is 2.93. The number of anilines is 2. The van der Waals surface area contributed by atoms with Crippen LogP contribution in [-0.2, 0) is 6.67 Å². The molecule has 0 spiro atoms. The molecule has 2 aromatic carbocycles. The van der Waals surface area contributed by atoms with Crippen LogP contribution in [0, 0.1) is 0 Å². The Balaban J connectivity index is 1.54. The van der Waals surface area contributed by atoms with Crippen LogP contribution in [0.5, 0.6) is 5.88 Å². The molecule has 0 saturated heterocycles. The Hall–Kier alpha value is -3.94. The standard InChI is InChI=1S/C22H18FN5O2/c23-12-14-2-1-3-16(10-14)27-7-6-15-11-17(4-5-18(15)27)28-8-9-30-21-19(22(28)29)20(24)25-13-26-21/h1-7,10-11,13H,8-9,12H2,(H2,24,25,26). The van der Waals surface area contributed by atoms with Crippen molar-refractivity contribution in [3.8, 4) is 11.6 Å². The molecule has 2 N–H and O–H groups in total. The summed E-state index contributed by atoms with van der Waals surface area (Å²) in [5, 5.41) is 0.952. The van der Waals surface area contributed by atoms with E-state index in [1.807, 2.05) is 53.2 Å². The summed E-state index contributed by atoms with van der Waals surface area (Å²) in [4.78, 5) is 22.7. The first-order valence-electron chi connectivity index (χ1n) is 9.47. The summed E-state index contributed by atoms with van der Waals surface area (Å²) in [5.41, 5.74) is 9.28. The number of amides is 1. The van der Waals surface area contributed by atoms with E-state index in [0.717, 1.165) is 22.3 Å². The van der Waals surface area contributed by atoms with Crippen molar-refractivity contribution in [1.82, 2.24) is 14.5 Å². The minimum absolute atomic E-state index is 0.0943. The molecule has 1 aliphatic rings.